The monoisotopic (exact) mass is 282 g/mol. The Morgan fingerprint density at radius 3 is 3.00 bits per heavy atom. The van der Waals surface area contributed by atoms with E-state index in [1.807, 2.05) is 13.2 Å². The third-order valence-corrected chi connectivity index (χ3v) is 5.24. The fraction of sp³-hybridized carbons (Fsp3) is 0.538. The van der Waals surface area contributed by atoms with Crippen LogP contribution in [0.25, 0.3) is 0 Å². The standard InChI is InChI=1S/C13H18N2OS2/c1-9-12(17-2)18-13(14-9)15-11(16)8-10-6-4-3-5-7-10/h6H,3-5,7-8H2,1-2H3,(H,14,15,16). The highest BCUT2D eigenvalue weighted by Crippen LogP contribution is 2.30. The molecular formula is C13H18N2OS2. The van der Waals surface area contributed by atoms with Crippen molar-refractivity contribution in [1.82, 2.24) is 4.98 Å². The van der Waals surface area contributed by atoms with E-state index in [-0.39, 0.29) is 5.91 Å². The molecule has 1 N–H and O–H groups in total. The van der Waals surface area contributed by atoms with Crippen molar-refractivity contribution in [2.75, 3.05) is 11.6 Å². The maximum atomic E-state index is 11.9. The van der Waals surface area contributed by atoms with Crippen LogP contribution in [0, 0.1) is 6.92 Å². The van der Waals surface area contributed by atoms with Crippen molar-refractivity contribution in [2.24, 2.45) is 0 Å². The number of aryl methyl sites for hydroxylation is 1. The first kappa shape index (κ1) is 13.6. The van der Waals surface area contributed by atoms with Gasteiger partial charge in [0, 0.05) is 6.42 Å². The number of carbonyl (C=O) groups is 1. The molecule has 1 aromatic heterocycles. The van der Waals surface area contributed by atoms with Crippen LogP contribution in [0.2, 0.25) is 0 Å². The van der Waals surface area contributed by atoms with Gasteiger partial charge in [0.2, 0.25) is 5.91 Å². The predicted molar refractivity (Wildman–Crippen MR) is 78.4 cm³/mol. The highest BCUT2D eigenvalue weighted by atomic mass is 32.2. The van der Waals surface area contributed by atoms with Crippen molar-refractivity contribution in [3.63, 3.8) is 0 Å². The molecule has 0 atom stereocenters. The van der Waals surface area contributed by atoms with Gasteiger partial charge in [-0.2, -0.15) is 0 Å². The summed E-state index contributed by atoms with van der Waals surface area (Å²) >= 11 is 3.22. The Balaban J connectivity index is 1.92. The van der Waals surface area contributed by atoms with Gasteiger partial charge in [0.15, 0.2) is 5.13 Å². The van der Waals surface area contributed by atoms with Gasteiger partial charge >= 0.3 is 0 Å². The average Bonchev–Trinajstić information content (AvgIpc) is 2.70. The Labute approximate surface area is 116 Å². The van der Waals surface area contributed by atoms with Gasteiger partial charge in [-0.25, -0.2) is 4.98 Å². The van der Waals surface area contributed by atoms with Crippen LogP contribution in [0.4, 0.5) is 5.13 Å². The number of rotatable bonds is 4. The van der Waals surface area contributed by atoms with Crippen molar-refractivity contribution in [2.45, 2.75) is 43.2 Å². The Morgan fingerprint density at radius 1 is 1.56 bits per heavy atom. The number of hydrogen-bond acceptors (Lipinski definition) is 4. The third-order valence-electron chi connectivity index (χ3n) is 2.96. The molecule has 1 heterocycles. The second-order valence-corrected chi connectivity index (χ2v) is 6.50. The molecule has 0 saturated heterocycles. The van der Waals surface area contributed by atoms with Crippen molar-refractivity contribution in [3.8, 4) is 0 Å². The van der Waals surface area contributed by atoms with E-state index >= 15 is 0 Å². The minimum atomic E-state index is 0.0598. The van der Waals surface area contributed by atoms with Gasteiger partial charge in [-0.1, -0.05) is 23.0 Å². The minimum absolute atomic E-state index is 0.0598. The lowest BCUT2D eigenvalue weighted by molar-refractivity contribution is -0.115. The highest BCUT2D eigenvalue weighted by molar-refractivity contribution is 8.00. The predicted octanol–water partition coefficient (Wildman–Crippen LogP) is 4.00. The first-order chi connectivity index (χ1) is 8.69. The van der Waals surface area contributed by atoms with Crippen molar-refractivity contribution < 1.29 is 4.79 Å². The van der Waals surface area contributed by atoms with E-state index in [9.17, 15) is 4.79 Å². The van der Waals surface area contributed by atoms with Crippen LogP contribution >= 0.6 is 23.1 Å². The minimum Gasteiger partial charge on any atom is -0.302 e. The van der Waals surface area contributed by atoms with Gasteiger partial charge in [-0.05, 0) is 38.9 Å². The van der Waals surface area contributed by atoms with Crippen LogP contribution in [0.3, 0.4) is 0 Å². The van der Waals surface area contributed by atoms with Crippen LogP contribution in [0.15, 0.2) is 15.9 Å². The molecule has 3 nitrogen and oxygen atoms in total. The summed E-state index contributed by atoms with van der Waals surface area (Å²) < 4.78 is 1.17. The van der Waals surface area contributed by atoms with Gasteiger partial charge in [0.05, 0.1) is 9.90 Å². The molecule has 5 heteroatoms. The Hall–Kier alpha value is -0.810. The summed E-state index contributed by atoms with van der Waals surface area (Å²) in [6.07, 6.45) is 9.42. The molecule has 0 saturated carbocycles. The SMILES string of the molecule is CSc1sc(NC(=O)CC2=CCCCC2)nc1C. The van der Waals surface area contributed by atoms with E-state index in [0.29, 0.717) is 6.42 Å². The van der Waals surface area contributed by atoms with Crippen LogP contribution in [-0.2, 0) is 4.79 Å². The average molecular weight is 282 g/mol. The number of thiazole rings is 1. The number of amides is 1. The fourth-order valence-corrected chi connectivity index (χ4v) is 3.69. The van der Waals surface area contributed by atoms with Gasteiger partial charge in [0.1, 0.15) is 0 Å². The molecule has 0 spiro atoms. The van der Waals surface area contributed by atoms with Gasteiger partial charge in [-0.3, -0.25) is 4.79 Å². The highest BCUT2D eigenvalue weighted by Gasteiger charge is 2.12. The fourth-order valence-electron chi connectivity index (χ4n) is 2.06. The Morgan fingerprint density at radius 2 is 2.39 bits per heavy atom. The molecular weight excluding hydrogens is 264 g/mol. The van der Waals surface area contributed by atoms with Crippen LogP contribution in [-0.4, -0.2) is 17.1 Å². The number of anilines is 1. The smallest absolute Gasteiger partial charge is 0.230 e. The summed E-state index contributed by atoms with van der Waals surface area (Å²) in [7, 11) is 0. The zero-order valence-corrected chi connectivity index (χ0v) is 12.4. The van der Waals surface area contributed by atoms with E-state index in [0.717, 1.165) is 23.7 Å². The molecule has 1 aliphatic carbocycles. The van der Waals surface area contributed by atoms with E-state index in [1.54, 1.807) is 23.1 Å². The maximum Gasteiger partial charge on any atom is 0.230 e. The normalized spacial score (nSPS) is 15.3. The lowest BCUT2D eigenvalue weighted by atomic mass is 9.97. The number of nitrogens with one attached hydrogen (secondary N) is 1. The molecule has 0 fully saturated rings. The molecule has 1 amide bonds. The van der Waals surface area contributed by atoms with Gasteiger partial charge < -0.3 is 5.32 Å². The summed E-state index contributed by atoms with van der Waals surface area (Å²) in [6, 6.07) is 0. The number of aromatic nitrogens is 1. The van der Waals surface area contributed by atoms with Crippen molar-refractivity contribution in [3.05, 3.63) is 17.3 Å². The second kappa shape index (κ2) is 6.38. The van der Waals surface area contributed by atoms with E-state index in [1.165, 1.54) is 22.6 Å². The number of carbonyl (C=O) groups excluding carboxylic acids is 1. The molecule has 0 unspecified atom stereocenters. The quantitative estimate of drug-likeness (QED) is 0.670. The zero-order valence-electron chi connectivity index (χ0n) is 10.8. The number of allylic oxidation sites excluding steroid dienone is 1. The number of nitrogens with zero attached hydrogens (tertiary/aromatic N) is 1. The lowest BCUT2D eigenvalue weighted by Gasteiger charge is -2.11. The molecule has 0 bridgehead atoms. The summed E-state index contributed by atoms with van der Waals surface area (Å²) in [5.74, 6) is 0.0598. The molecule has 1 aromatic rings. The summed E-state index contributed by atoms with van der Waals surface area (Å²) in [5, 5.41) is 3.62. The molecule has 1 aliphatic rings. The first-order valence-electron chi connectivity index (χ1n) is 6.18. The Bertz CT molecular complexity index is 466. The third kappa shape index (κ3) is 3.59. The van der Waals surface area contributed by atoms with Crippen LogP contribution < -0.4 is 5.32 Å². The molecule has 0 radical (unpaired) electrons. The van der Waals surface area contributed by atoms with Gasteiger partial charge in [-0.15, -0.1) is 11.8 Å². The Kier molecular flexibility index (Phi) is 4.83. The van der Waals surface area contributed by atoms with Crippen LogP contribution in [0.5, 0.6) is 0 Å². The second-order valence-electron chi connectivity index (χ2n) is 4.43. The zero-order chi connectivity index (χ0) is 13.0. The first-order valence-corrected chi connectivity index (χ1v) is 8.22. The molecule has 18 heavy (non-hydrogen) atoms. The molecule has 0 aromatic carbocycles. The maximum absolute atomic E-state index is 11.9. The van der Waals surface area contributed by atoms with E-state index in [2.05, 4.69) is 16.4 Å². The van der Waals surface area contributed by atoms with Gasteiger partial charge in [0.25, 0.3) is 0 Å². The topological polar surface area (TPSA) is 42.0 Å². The molecule has 2 rings (SSSR count). The van der Waals surface area contributed by atoms with Crippen LogP contribution in [0.1, 0.15) is 37.8 Å². The number of thioether (sulfide) groups is 1. The van der Waals surface area contributed by atoms with Crippen molar-refractivity contribution in [1.29, 1.82) is 0 Å². The summed E-state index contributed by atoms with van der Waals surface area (Å²) in [6.45, 7) is 1.97. The largest absolute Gasteiger partial charge is 0.302 e. The van der Waals surface area contributed by atoms with E-state index < -0.39 is 0 Å². The van der Waals surface area contributed by atoms with E-state index in [4.69, 9.17) is 0 Å². The molecule has 98 valence electrons. The number of hydrogen-bond donors (Lipinski definition) is 1. The van der Waals surface area contributed by atoms with Crippen molar-refractivity contribution >= 4 is 34.1 Å². The summed E-state index contributed by atoms with van der Waals surface area (Å²) in [5.41, 5.74) is 2.27. The molecule has 0 aliphatic heterocycles. The summed E-state index contributed by atoms with van der Waals surface area (Å²) in [4.78, 5) is 16.3. The lowest BCUT2D eigenvalue weighted by Crippen LogP contribution is -2.12.